The monoisotopic (exact) mass is 523 g/mol. The zero-order chi connectivity index (χ0) is 27.6. The molecule has 1 aromatic heterocycles. The molecule has 198 valence electrons. The van der Waals surface area contributed by atoms with Gasteiger partial charge in [0.25, 0.3) is 5.91 Å². The molecule has 2 aromatic carbocycles. The number of amides is 1. The van der Waals surface area contributed by atoms with Crippen LogP contribution in [0.1, 0.15) is 40.9 Å². The molecular formula is C31H30FN5O2. The highest BCUT2D eigenvalue weighted by atomic mass is 19.1. The first-order chi connectivity index (χ1) is 18.8. The maximum Gasteiger partial charge on any atom is 0.252 e. The molecule has 39 heavy (non-hydrogen) atoms. The van der Waals surface area contributed by atoms with E-state index in [0.29, 0.717) is 25.9 Å². The van der Waals surface area contributed by atoms with Gasteiger partial charge in [-0.1, -0.05) is 54.6 Å². The number of benzene rings is 2. The molecule has 3 aromatic rings. The highest BCUT2D eigenvalue weighted by Gasteiger charge is 2.47. The average molecular weight is 524 g/mol. The lowest BCUT2D eigenvalue weighted by Crippen LogP contribution is -2.54. The van der Waals surface area contributed by atoms with Gasteiger partial charge in [-0.05, 0) is 29.5 Å². The van der Waals surface area contributed by atoms with Crippen LogP contribution in [0.5, 0.6) is 0 Å². The third-order valence-corrected chi connectivity index (χ3v) is 7.99. The maximum absolute atomic E-state index is 16.0. The van der Waals surface area contributed by atoms with Crippen LogP contribution in [0.3, 0.4) is 0 Å². The standard InChI is InChI=1S/C31H30FN5O2/c1-2-22-16-25(22)28(38)17-27-26(30(34)39)19-37(35-27)31(12-14-33)13-15-36(20-29(31)32)18-21-8-10-24(11-9-21)23-6-4-3-5-7-23/h1,3-11,19,22,25,29H,12-13,15-18,20H2,(H2,34,39). The van der Waals surface area contributed by atoms with Gasteiger partial charge in [-0.25, -0.2) is 4.39 Å². The number of carbonyl (C=O) groups is 2. The molecule has 1 aliphatic carbocycles. The van der Waals surface area contributed by atoms with Crippen molar-refractivity contribution in [2.75, 3.05) is 13.1 Å². The quantitative estimate of drug-likeness (QED) is 0.429. The number of hydrogen-bond acceptors (Lipinski definition) is 5. The highest BCUT2D eigenvalue weighted by molar-refractivity contribution is 5.96. The van der Waals surface area contributed by atoms with Crippen molar-refractivity contribution >= 4 is 11.7 Å². The summed E-state index contributed by atoms with van der Waals surface area (Å²) in [6.45, 7) is 1.21. The highest BCUT2D eigenvalue weighted by Crippen LogP contribution is 2.40. The van der Waals surface area contributed by atoms with E-state index in [-0.39, 0.29) is 48.3 Å². The van der Waals surface area contributed by atoms with Crippen LogP contribution < -0.4 is 5.73 Å². The van der Waals surface area contributed by atoms with Crippen molar-refractivity contribution < 1.29 is 14.0 Å². The minimum atomic E-state index is -1.42. The van der Waals surface area contributed by atoms with E-state index in [1.807, 2.05) is 35.2 Å². The molecule has 2 heterocycles. The Kier molecular flexibility index (Phi) is 7.32. The van der Waals surface area contributed by atoms with Gasteiger partial charge in [0.2, 0.25) is 0 Å². The summed E-state index contributed by atoms with van der Waals surface area (Å²) in [7, 11) is 0. The Balaban J connectivity index is 1.31. The molecule has 2 fully saturated rings. The third-order valence-electron chi connectivity index (χ3n) is 7.99. The van der Waals surface area contributed by atoms with Gasteiger partial charge in [-0.3, -0.25) is 19.2 Å². The van der Waals surface area contributed by atoms with Gasteiger partial charge in [0.15, 0.2) is 0 Å². The van der Waals surface area contributed by atoms with Crippen molar-refractivity contribution in [2.24, 2.45) is 17.6 Å². The summed E-state index contributed by atoms with van der Waals surface area (Å²) in [6, 6.07) is 20.4. The topological polar surface area (TPSA) is 105 Å². The molecular weight excluding hydrogens is 493 g/mol. The van der Waals surface area contributed by atoms with Crippen molar-refractivity contribution in [3.8, 4) is 29.5 Å². The van der Waals surface area contributed by atoms with Crippen LogP contribution in [0, 0.1) is 35.5 Å². The van der Waals surface area contributed by atoms with Crippen LogP contribution >= 0.6 is 0 Å². The number of carbonyl (C=O) groups excluding carboxylic acids is 2. The van der Waals surface area contributed by atoms with E-state index >= 15 is 4.39 Å². The second-order valence-electron chi connectivity index (χ2n) is 10.5. The summed E-state index contributed by atoms with van der Waals surface area (Å²) in [5, 5.41) is 14.1. The van der Waals surface area contributed by atoms with Crippen LogP contribution in [0.2, 0.25) is 0 Å². The number of piperidine rings is 1. The lowest BCUT2D eigenvalue weighted by molar-refractivity contribution is -0.119. The summed E-state index contributed by atoms with van der Waals surface area (Å²) < 4.78 is 17.4. The van der Waals surface area contributed by atoms with Crippen molar-refractivity contribution in [3.05, 3.63) is 77.6 Å². The SMILES string of the molecule is C#CC1CC1C(=O)Cc1nn(C2(CC#N)CCN(Cc3ccc(-c4ccccc4)cc3)CC2F)cc1C(N)=O. The van der Waals surface area contributed by atoms with Crippen molar-refractivity contribution in [2.45, 2.75) is 43.9 Å². The summed E-state index contributed by atoms with van der Waals surface area (Å²) in [5.41, 5.74) is 7.93. The molecule has 1 aliphatic heterocycles. The van der Waals surface area contributed by atoms with Gasteiger partial charge in [0.1, 0.15) is 17.5 Å². The maximum atomic E-state index is 16.0. The summed E-state index contributed by atoms with van der Waals surface area (Å²) in [5.74, 6) is 1.40. The smallest absolute Gasteiger partial charge is 0.252 e. The molecule has 1 saturated heterocycles. The third kappa shape index (κ3) is 5.34. The van der Waals surface area contributed by atoms with Gasteiger partial charge in [0, 0.05) is 37.7 Å². The predicted octanol–water partition coefficient (Wildman–Crippen LogP) is 3.88. The van der Waals surface area contributed by atoms with Gasteiger partial charge in [-0.15, -0.1) is 12.3 Å². The molecule has 1 saturated carbocycles. The van der Waals surface area contributed by atoms with Crippen LogP contribution in [0.25, 0.3) is 11.1 Å². The van der Waals surface area contributed by atoms with Crippen LogP contribution in [-0.4, -0.2) is 45.6 Å². The Morgan fingerprint density at radius 2 is 1.87 bits per heavy atom. The number of terminal acetylenes is 1. The summed E-state index contributed by atoms with van der Waals surface area (Å²) in [4.78, 5) is 26.9. The Bertz CT molecular complexity index is 1450. The number of Topliss-reactive ketones (excluding diaryl/α,β-unsaturated/α-hetero) is 1. The molecule has 0 radical (unpaired) electrons. The fourth-order valence-corrected chi connectivity index (χ4v) is 5.51. The molecule has 4 atom stereocenters. The average Bonchev–Trinajstić information content (AvgIpc) is 3.62. The number of nitrogens with two attached hydrogens (primary N) is 1. The number of nitriles is 1. The van der Waals surface area contributed by atoms with Crippen molar-refractivity contribution in [3.63, 3.8) is 0 Å². The Morgan fingerprint density at radius 3 is 2.49 bits per heavy atom. The molecule has 0 bridgehead atoms. The molecule has 2 N–H and O–H groups in total. The van der Waals surface area contributed by atoms with Crippen LogP contribution in [0.15, 0.2) is 60.8 Å². The normalized spacial score (nSPS) is 24.4. The number of alkyl halides is 1. The van der Waals surface area contributed by atoms with E-state index in [9.17, 15) is 14.9 Å². The van der Waals surface area contributed by atoms with Gasteiger partial charge >= 0.3 is 0 Å². The van der Waals surface area contributed by atoms with E-state index in [2.05, 4.69) is 41.4 Å². The van der Waals surface area contributed by atoms with Crippen molar-refractivity contribution in [1.29, 1.82) is 5.26 Å². The number of primary amides is 1. The first kappa shape index (κ1) is 26.3. The first-order valence-corrected chi connectivity index (χ1v) is 13.1. The molecule has 0 spiro atoms. The number of nitrogens with zero attached hydrogens (tertiary/aromatic N) is 4. The van der Waals surface area contributed by atoms with Gasteiger partial charge < -0.3 is 5.73 Å². The molecule has 8 heteroatoms. The largest absolute Gasteiger partial charge is 0.365 e. The second-order valence-corrected chi connectivity index (χ2v) is 10.5. The van der Waals surface area contributed by atoms with E-state index < -0.39 is 17.6 Å². The fourth-order valence-electron chi connectivity index (χ4n) is 5.51. The lowest BCUT2D eigenvalue weighted by atomic mass is 9.83. The van der Waals surface area contributed by atoms with Crippen molar-refractivity contribution in [1.82, 2.24) is 14.7 Å². The Hall–Kier alpha value is -4.27. The zero-order valence-electron chi connectivity index (χ0n) is 21.6. The molecule has 4 unspecified atom stereocenters. The predicted molar refractivity (Wildman–Crippen MR) is 145 cm³/mol. The summed E-state index contributed by atoms with van der Waals surface area (Å²) in [6.07, 6.45) is 6.12. The molecule has 2 aliphatic rings. The minimum Gasteiger partial charge on any atom is -0.365 e. The second kappa shape index (κ2) is 10.8. The summed E-state index contributed by atoms with van der Waals surface area (Å²) >= 11 is 0. The van der Waals surface area contributed by atoms with E-state index in [0.717, 1.165) is 16.7 Å². The minimum absolute atomic E-state index is 0.0757. The van der Waals surface area contributed by atoms with Crippen LogP contribution in [0.4, 0.5) is 4.39 Å². The molecule has 7 nitrogen and oxygen atoms in total. The van der Waals surface area contributed by atoms with Crippen LogP contribution in [-0.2, 0) is 23.3 Å². The Labute approximate surface area is 227 Å². The number of aromatic nitrogens is 2. The van der Waals surface area contributed by atoms with E-state index in [1.54, 1.807) is 0 Å². The number of rotatable bonds is 9. The number of ketones is 1. The molecule has 5 rings (SSSR count). The fraction of sp³-hybridized carbons (Fsp3) is 0.355. The van der Waals surface area contributed by atoms with E-state index in [1.165, 1.54) is 10.9 Å². The van der Waals surface area contributed by atoms with Gasteiger partial charge in [0.05, 0.1) is 30.2 Å². The number of halogens is 1. The molecule has 1 amide bonds. The Morgan fingerprint density at radius 1 is 1.15 bits per heavy atom. The first-order valence-electron chi connectivity index (χ1n) is 13.1. The zero-order valence-corrected chi connectivity index (χ0v) is 21.6. The van der Waals surface area contributed by atoms with Gasteiger partial charge in [-0.2, -0.15) is 10.4 Å². The lowest BCUT2D eigenvalue weighted by Gasteiger charge is -2.43. The number of likely N-dealkylation sites (tertiary alicyclic amines) is 1. The number of hydrogen-bond donors (Lipinski definition) is 1. The van der Waals surface area contributed by atoms with E-state index in [4.69, 9.17) is 12.2 Å².